The van der Waals surface area contributed by atoms with Crippen LogP contribution in [0.2, 0.25) is 0 Å². The molecule has 1 aromatic carbocycles. The molecule has 1 aliphatic carbocycles. The van der Waals surface area contributed by atoms with Crippen LogP contribution in [-0.2, 0) is 16.6 Å². The summed E-state index contributed by atoms with van der Waals surface area (Å²) >= 11 is 0. The van der Waals surface area contributed by atoms with E-state index in [1.165, 1.54) is 11.4 Å². The summed E-state index contributed by atoms with van der Waals surface area (Å²) < 4.78 is 53.6. The van der Waals surface area contributed by atoms with Crippen molar-refractivity contribution in [3.63, 3.8) is 0 Å². The first kappa shape index (κ1) is 15.3. The van der Waals surface area contributed by atoms with Crippen LogP contribution in [0.15, 0.2) is 17.0 Å². The Hall–Kier alpha value is -1.05. The minimum Gasteiger partial charge on any atom is -0.326 e. The maximum absolute atomic E-state index is 14.2. The molecule has 0 aliphatic heterocycles. The van der Waals surface area contributed by atoms with Crippen molar-refractivity contribution in [3.8, 4) is 0 Å². The lowest BCUT2D eigenvalue weighted by Gasteiger charge is -2.24. The Morgan fingerprint density at radius 2 is 1.90 bits per heavy atom. The van der Waals surface area contributed by atoms with Crippen molar-refractivity contribution in [2.45, 2.75) is 43.2 Å². The smallest absolute Gasteiger partial charge is 0.245 e. The van der Waals surface area contributed by atoms with Crippen LogP contribution in [0.1, 0.15) is 31.2 Å². The molecule has 1 aromatic rings. The van der Waals surface area contributed by atoms with Gasteiger partial charge in [0.2, 0.25) is 10.0 Å². The highest BCUT2D eigenvalue weighted by Gasteiger charge is 2.32. The number of nitrogens with two attached hydrogens (primary N) is 1. The number of nitrogens with zero attached hydrogens (tertiary/aromatic N) is 1. The molecule has 2 N–H and O–H groups in total. The summed E-state index contributed by atoms with van der Waals surface area (Å²) in [5, 5.41) is 0. The summed E-state index contributed by atoms with van der Waals surface area (Å²) in [6.07, 6.45) is 3.46. The molecule has 7 heteroatoms. The van der Waals surface area contributed by atoms with Crippen molar-refractivity contribution < 1.29 is 17.2 Å². The Morgan fingerprint density at radius 3 is 2.45 bits per heavy atom. The van der Waals surface area contributed by atoms with Crippen LogP contribution in [0.5, 0.6) is 0 Å². The van der Waals surface area contributed by atoms with Gasteiger partial charge in [-0.3, -0.25) is 0 Å². The summed E-state index contributed by atoms with van der Waals surface area (Å²) in [7, 11) is -2.53. The fourth-order valence-electron chi connectivity index (χ4n) is 2.58. The van der Waals surface area contributed by atoms with Crippen LogP contribution in [0.4, 0.5) is 8.78 Å². The van der Waals surface area contributed by atoms with Crippen LogP contribution < -0.4 is 5.73 Å². The van der Waals surface area contributed by atoms with Gasteiger partial charge < -0.3 is 5.73 Å². The predicted molar refractivity (Wildman–Crippen MR) is 71.5 cm³/mol. The van der Waals surface area contributed by atoms with E-state index in [-0.39, 0.29) is 12.6 Å². The van der Waals surface area contributed by atoms with Crippen molar-refractivity contribution in [2.24, 2.45) is 5.73 Å². The first-order chi connectivity index (χ1) is 9.39. The Bertz CT molecular complexity index is 599. The summed E-state index contributed by atoms with van der Waals surface area (Å²) in [6.45, 7) is -0.381. The topological polar surface area (TPSA) is 63.4 Å². The predicted octanol–water partition coefficient (Wildman–Crippen LogP) is 1.99. The van der Waals surface area contributed by atoms with E-state index in [0.717, 1.165) is 37.8 Å². The highest BCUT2D eigenvalue weighted by atomic mass is 32.2. The molecule has 20 heavy (non-hydrogen) atoms. The van der Waals surface area contributed by atoms with Gasteiger partial charge in [-0.15, -0.1) is 0 Å². The van der Waals surface area contributed by atoms with Gasteiger partial charge in [0.15, 0.2) is 5.82 Å². The Morgan fingerprint density at radius 1 is 1.30 bits per heavy atom. The van der Waals surface area contributed by atoms with Gasteiger partial charge in [0.1, 0.15) is 10.7 Å². The SMILES string of the molecule is CN(C1CCCC1)S(=O)(=O)c1ccc(F)c(CN)c1F. The monoisotopic (exact) mass is 304 g/mol. The Balaban J connectivity index is 2.44. The minimum atomic E-state index is -3.97. The molecule has 0 aromatic heterocycles. The normalized spacial score (nSPS) is 17.1. The fraction of sp³-hybridized carbons (Fsp3) is 0.538. The van der Waals surface area contributed by atoms with Gasteiger partial charge in [-0.2, -0.15) is 4.31 Å². The first-order valence-corrected chi connectivity index (χ1v) is 7.98. The molecule has 0 amide bonds. The highest BCUT2D eigenvalue weighted by Crippen LogP contribution is 2.29. The molecule has 2 rings (SSSR count). The molecule has 1 aliphatic rings. The van der Waals surface area contributed by atoms with Crippen molar-refractivity contribution in [1.82, 2.24) is 4.31 Å². The van der Waals surface area contributed by atoms with Gasteiger partial charge >= 0.3 is 0 Å². The Labute approximate surface area is 117 Å². The van der Waals surface area contributed by atoms with Gasteiger partial charge in [0.25, 0.3) is 0 Å². The average molecular weight is 304 g/mol. The second-order valence-electron chi connectivity index (χ2n) is 5.00. The Kier molecular flexibility index (Phi) is 4.41. The van der Waals surface area contributed by atoms with Crippen LogP contribution >= 0.6 is 0 Å². The second-order valence-corrected chi connectivity index (χ2v) is 6.97. The molecule has 1 saturated carbocycles. The minimum absolute atomic E-state index is 0.120. The molecule has 1 fully saturated rings. The van der Waals surface area contributed by atoms with Gasteiger partial charge in [-0.1, -0.05) is 12.8 Å². The van der Waals surface area contributed by atoms with Gasteiger partial charge in [0, 0.05) is 25.2 Å². The lowest BCUT2D eigenvalue weighted by Crippen LogP contribution is -2.35. The van der Waals surface area contributed by atoms with E-state index < -0.39 is 32.1 Å². The zero-order valence-corrected chi connectivity index (χ0v) is 12.1. The third-order valence-electron chi connectivity index (χ3n) is 3.85. The fourth-order valence-corrected chi connectivity index (χ4v) is 4.09. The van der Waals surface area contributed by atoms with E-state index in [2.05, 4.69) is 0 Å². The molecule has 0 heterocycles. The number of hydrogen-bond donors (Lipinski definition) is 1. The van der Waals surface area contributed by atoms with Crippen LogP contribution in [0.3, 0.4) is 0 Å². The number of hydrogen-bond acceptors (Lipinski definition) is 3. The van der Waals surface area contributed by atoms with Crippen LogP contribution in [0, 0.1) is 11.6 Å². The van der Waals surface area contributed by atoms with Crippen molar-refractivity contribution >= 4 is 10.0 Å². The maximum atomic E-state index is 14.2. The molecule has 0 unspecified atom stereocenters. The van der Waals surface area contributed by atoms with Crippen LogP contribution in [0.25, 0.3) is 0 Å². The van der Waals surface area contributed by atoms with Crippen LogP contribution in [-0.4, -0.2) is 25.8 Å². The zero-order valence-electron chi connectivity index (χ0n) is 11.3. The van der Waals surface area contributed by atoms with Gasteiger partial charge in [-0.05, 0) is 25.0 Å². The zero-order chi connectivity index (χ0) is 14.9. The van der Waals surface area contributed by atoms with Gasteiger partial charge in [0.05, 0.1) is 0 Å². The van der Waals surface area contributed by atoms with E-state index in [0.29, 0.717) is 0 Å². The van der Waals surface area contributed by atoms with Crippen molar-refractivity contribution in [1.29, 1.82) is 0 Å². The number of sulfonamides is 1. The summed E-state index contributed by atoms with van der Waals surface area (Å²) in [5.41, 5.74) is 4.88. The first-order valence-electron chi connectivity index (χ1n) is 6.54. The third kappa shape index (κ3) is 2.57. The molecule has 0 atom stereocenters. The van der Waals surface area contributed by atoms with E-state index in [1.807, 2.05) is 0 Å². The third-order valence-corrected chi connectivity index (χ3v) is 5.78. The summed E-state index contributed by atoms with van der Waals surface area (Å²) in [4.78, 5) is -0.506. The lowest BCUT2D eigenvalue weighted by atomic mass is 10.2. The molecule has 0 saturated heterocycles. The lowest BCUT2D eigenvalue weighted by molar-refractivity contribution is 0.370. The van der Waals surface area contributed by atoms with E-state index in [4.69, 9.17) is 5.73 Å². The largest absolute Gasteiger partial charge is 0.326 e. The molecular formula is C13H18F2N2O2S. The molecular weight excluding hydrogens is 286 g/mol. The van der Waals surface area contributed by atoms with E-state index in [9.17, 15) is 17.2 Å². The highest BCUT2D eigenvalue weighted by molar-refractivity contribution is 7.89. The van der Waals surface area contributed by atoms with Crippen molar-refractivity contribution in [3.05, 3.63) is 29.3 Å². The molecule has 0 spiro atoms. The summed E-state index contributed by atoms with van der Waals surface area (Å²) in [6, 6.07) is 1.79. The average Bonchev–Trinajstić information content (AvgIpc) is 2.91. The number of halogens is 2. The molecule has 112 valence electrons. The standard InChI is InChI=1S/C13H18F2N2O2S/c1-17(9-4-2-3-5-9)20(18,19)12-7-6-11(14)10(8-16)13(12)15/h6-7,9H,2-5,8,16H2,1H3. The molecule has 0 radical (unpaired) electrons. The van der Waals surface area contributed by atoms with Gasteiger partial charge in [-0.25, -0.2) is 17.2 Å². The maximum Gasteiger partial charge on any atom is 0.245 e. The summed E-state index contributed by atoms with van der Waals surface area (Å²) in [5.74, 6) is -1.91. The van der Waals surface area contributed by atoms with Crippen molar-refractivity contribution in [2.75, 3.05) is 7.05 Å². The molecule has 0 bridgehead atoms. The van der Waals surface area contributed by atoms with E-state index in [1.54, 1.807) is 0 Å². The second kappa shape index (κ2) is 5.75. The number of benzene rings is 1. The quantitative estimate of drug-likeness (QED) is 0.925. The molecule has 4 nitrogen and oxygen atoms in total. The number of rotatable bonds is 4. The van der Waals surface area contributed by atoms with E-state index >= 15 is 0 Å².